The molecule has 7 heteroatoms. The van der Waals surface area contributed by atoms with E-state index >= 15 is 0 Å². The van der Waals surface area contributed by atoms with E-state index in [1.807, 2.05) is 24.3 Å². The van der Waals surface area contributed by atoms with E-state index in [2.05, 4.69) is 10.3 Å². The molecule has 1 amide bonds. The first-order chi connectivity index (χ1) is 14.6. The summed E-state index contributed by atoms with van der Waals surface area (Å²) in [4.78, 5) is 17.2. The number of carbonyl (C=O) groups excluding carboxylic acids is 1. The van der Waals surface area contributed by atoms with Crippen LogP contribution in [-0.4, -0.2) is 32.2 Å². The maximum atomic E-state index is 12.7. The summed E-state index contributed by atoms with van der Waals surface area (Å²) in [5.41, 5.74) is 2.98. The van der Waals surface area contributed by atoms with Crippen molar-refractivity contribution in [2.45, 2.75) is 0 Å². The average molecular weight is 404 g/mol. The second kappa shape index (κ2) is 8.16. The van der Waals surface area contributed by atoms with Gasteiger partial charge in [-0.2, -0.15) is 0 Å². The number of rotatable bonds is 6. The van der Waals surface area contributed by atoms with Gasteiger partial charge >= 0.3 is 0 Å². The number of hydrogen-bond acceptors (Lipinski definition) is 6. The number of fused-ring (bicyclic) bond motifs is 1. The smallest absolute Gasteiger partial charge is 0.255 e. The number of aromatic nitrogens is 1. The third-order valence-corrected chi connectivity index (χ3v) is 4.60. The fourth-order valence-electron chi connectivity index (χ4n) is 3.08. The molecule has 0 radical (unpaired) electrons. The molecule has 0 fully saturated rings. The fraction of sp³-hybridized carbons (Fsp3) is 0.130. The number of anilines is 1. The van der Waals surface area contributed by atoms with Crippen LogP contribution < -0.4 is 19.5 Å². The first kappa shape index (κ1) is 19.3. The van der Waals surface area contributed by atoms with Crippen LogP contribution in [0.25, 0.3) is 22.6 Å². The molecule has 1 N–H and O–H groups in total. The van der Waals surface area contributed by atoms with Crippen molar-refractivity contribution >= 4 is 22.7 Å². The Labute approximate surface area is 173 Å². The number of amides is 1. The predicted molar refractivity (Wildman–Crippen MR) is 113 cm³/mol. The Morgan fingerprint density at radius 1 is 0.900 bits per heavy atom. The van der Waals surface area contributed by atoms with E-state index in [0.29, 0.717) is 45.5 Å². The van der Waals surface area contributed by atoms with E-state index in [9.17, 15) is 4.79 Å². The number of nitrogens with zero attached hydrogens (tertiary/aromatic N) is 1. The van der Waals surface area contributed by atoms with Crippen molar-refractivity contribution in [3.8, 4) is 28.7 Å². The molecule has 4 rings (SSSR count). The van der Waals surface area contributed by atoms with Gasteiger partial charge in [-0.1, -0.05) is 12.1 Å². The Bertz CT molecular complexity index is 1190. The van der Waals surface area contributed by atoms with Gasteiger partial charge in [-0.3, -0.25) is 4.79 Å². The zero-order valence-corrected chi connectivity index (χ0v) is 16.8. The van der Waals surface area contributed by atoms with Gasteiger partial charge in [-0.05, 0) is 36.4 Å². The predicted octanol–water partition coefficient (Wildman–Crippen LogP) is 4.77. The van der Waals surface area contributed by atoms with Crippen LogP contribution in [-0.2, 0) is 0 Å². The van der Waals surface area contributed by atoms with Crippen molar-refractivity contribution in [2.75, 3.05) is 26.6 Å². The van der Waals surface area contributed by atoms with Gasteiger partial charge in [0.1, 0.15) is 22.8 Å². The molecule has 0 bridgehead atoms. The molecular formula is C23H20N2O5. The number of benzene rings is 3. The minimum Gasteiger partial charge on any atom is -0.497 e. The lowest BCUT2D eigenvalue weighted by molar-refractivity contribution is 0.102. The summed E-state index contributed by atoms with van der Waals surface area (Å²) < 4.78 is 21.7. The lowest BCUT2D eigenvalue weighted by atomic mass is 10.1. The largest absolute Gasteiger partial charge is 0.497 e. The first-order valence-electron chi connectivity index (χ1n) is 9.19. The van der Waals surface area contributed by atoms with Gasteiger partial charge in [0.15, 0.2) is 5.58 Å². The summed E-state index contributed by atoms with van der Waals surface area (Å²) >= 11 is 0. The molecule has 0 unspecified atom stereocenters. The molecular weight excluding hydrogens is 384 g/mol. The van der Waals surface area contributed by atoms with Crippen molar-refractivity contribution in [1.29, 1.82) is 0 Å². The van der Waals surface area contributed by atoms with Crippen LogP contribution in [0.2, 0.25) is 0 Å². The van der Waals surface area contributed by atoms with E-state index in [0.717, 1.165) is 5.56 Å². The quantitative estimate of drug-likeness (QED) is 0.498. The molecule has 0 aliphatic rings. The van der Waals surface area contributed by atoms with Crippen molar-refractivity contribution in [2.24, 2.45) is 0 Å². The van der Waals surface area contributed by atoms with E-state index in [4.69, 9.17) is 18.6 Å². The van der Waals surface area contributed by atoms with Crippen LogP contribution in [0.15, 0.2) is 65.1 Å². The van der Waals surface area contributed by atoms with Gasteiger partial charge in [0.05, 0.1) is 26.9 Å². The van der Waals surface area contributed by atoms with Gasteiger partial charge in [-0.15, -0.1) is 0 Å². The van der Waals surface area contributed by atoms with Crippen molar-refractivity contribution in [3.05, 3.63) is 66.2 Å². The lowest BCUT2D eigenvalue weighted by Gasteiger charge is -2.09. The molecule has 0 saturated heterocycles. The van der Waals surface area contributed by atoms with Crippen molar-refractivity contribution in [1.82, 2.24) is 4.98 Å². The number of nitrogens with one attached hydrogen (secondary N) is 1. The highest BCUT2D eigenvalue weighted by atomic mass is 16.5. The molecule has 30 heavy (non-hydrogen) atoms. The standard InChI is InChI=1S/C23H20N2O5/c1-27-16-10-14(11-17(13-16)28-2)22(26)24-15-8-9-19-21(12-15)30-23(25-19)18-6-4-5-7-20(18)29-3/h4-13H,1-3H3,(H,24,26). The Balaban J connectivity index is 1.62. The highest BCUT2D eigenvalue weighted by Crippen LogP contribution is 2.32. The van der Waals surface area contributed by atoms with Gasteiger partial charge < -0.3 is 23.9 Å². The van der Waals surface area contributed by atoms with Crippen LogP contribution in [0.5, 0.6) is 17.2 Å². The molecule has 1 aromatic heterocycles. The summed E-state index contributed by atoms with van der Waals surface area (Å²) in [6.07, 6.45) is 0. The Morgan fingerprint density at radius 3 is 2.33 bits per heavy atom. The van der Waals surface area contributed by atoms with Crippen molar-refractivity contribution < 1.29 is 23.4 Å². The van der Waals surface area contributed by atoms with E-state index < -0.39 is 0 Å². The Hall–Kier alpha value is -4.00. The maximum Gasteiger partial charge on any atom is 0.255 e. The Morgan fingerprint density at radius 2 is 1.63 bits per heavy atom. The average Bonchev–Trinajstić information content (AvgIpc) is 3.21. The second-order valence-corrected chi connectivity index (χ2v) is 6.46. The highest BCUT2D eigenvalue weighted by Gasteiger charge is 2.14. The summed E-state index contributed by atoms with van der Waals surface area (Å²) in [5, 5.41) is 2.86. The number of hydrogen-bond donors (Lipinski definition) is 1. The Kier molecular flexibility index (Phi) is 5.26. The maximum absolute atomic E-state index is 12.7. The van der Waals surface area contributed by atoms with Crippen LogP contribution in [0.1, 0.15) is 10.4 Å². The summed E-state index contributed by atoms with van der Waals surface area (Å²) in [6, 6.07) is 17.8. The molecule has 0 spiro atoms. The van der Waals surface area contributed by atoms with Gasteiger partial charge in [0.25, 0.3) is 5.91 Å². The molecule has 1 heterocycles. The minimum absolute atomic E-state index is 0.295. The monoisotopic (exact) mass is 404 g/mol. The number of oxazole rings is 1. The van der Waals surface area contributed by atoms with Gasteiger partial charge in [0.2, 0.25) is 5.89 Å². The van der Waals surface area contributed by atoms with Crippen LogP contribution >= 0.6 is 0 Å². The summed E-state index contributed by atoms with van der Waals surface area (Å²) in [7, 11) is 4.67. The van der Waals surface area contributed by atoms with Crippen molar-refractivity contribution in [3.63, 3.8) is 0 Å². The topological polar surface area (TPSA) is 82.8 Å². The molecule has 7 nitrogen and oxygen atoms in total. The number of ether oxygens (including phenoxy) is 3. The van der Waals surface area contributed by atoms with Gasteiger partial charge in [0, 0.05) is 23.4 Å². The van der Waals surface area contributed by atoms with Crippen LogP contribution in [0, 0.1) is 0 Å². The third kappa shape index (κ3) is 3.77. The number of para-hydroxylation sites is 1. The van der Waals surface area contributed by atoms with Crippen LogP contribution in [0.4, 0.5) is 5.69 Å². The lowest BCUT2D eigenvalue weighted by Crippen LogP contribution is -2.12. The molecule has 0 aliphatic heterocycles. The van der Waals surface area contributed by atoms with Gasteiger partial charge in [-0.25, -0.2) is 4.98 Å². The van der Waals surface area contributed by atoms with E-state index in [-0.39, 0.29) is 5.91 Å². The minimum atomic E-state index is -0.295. The van der Waals surface area contributed by atoms with E-state index in [1.165, 1.54) is 14.2 Å². The molecule has 0 aliphatic carbocycles. The molecule has 0 atom stereocenters. The third-order valence-electron chi connectivity index (χ3n) is 4.60. The normalized spacial score (nSPS) is 10.6. The molecule has 3 aromatic carbocycles. The van der Waals surface area contributed by atoms with Crippen LogP contribution in [0.3, 0.4) is 0 Å². The molecule has 4 aromatic rings. The summed E-state index contributed by atoms with van der Waals surface area (Å²) in [5.74, 6) is 1.89. The molecule has 152 valence electrons. The highest BCUT2D eigenvalue weighted by molar-refractivity contribution is 6.05. The zero-order chi connectivity index (χ0) is 21.1. The summed E-state index contributed by atoms with van der Waals surface area (Å²) in [6.45, 7) is 0. The SMILES string of the molecule is COc1cc(OC)cc(C(=O)Nc2ccc3nc(-c4ccccc4OC)oc3c2)c1. The first-order valence-corrected chi connectivity index (χ1v) is 9.19. The number of carbonyl (C=O) groups is 1. The fourth-order valence-corrected chi connectivity index (χ4v) is 3.08. The molecule has 0 saturated carbocycles. The number of methoxy groups -OCH3 is 3. The van der Waals surface area contributed by atoms with E-state index in [1.54, 1.807) is 43.5 Å². The zero-order valence-electron chi connectivity index (χ0n) is 16.8. The second-order valence-electron chi connectivity index (χ2n) is 6.46.